The van der Waals surface area contributed by atoms with Gasteiger partial charge < -0.3 is 9.72 Å². The lowest BCUT2D eigenvalue weighted by Crippen LogP contribution is -2.28. The van der Waals surface area contributed by atoms with Gasteiger partial charge in [0.15, 0.2) is 0 Å². The first-order chi connectivity index (χ1) is 13.1. The predicted octanol–water partition coefficient (Wildman–Crippen LogP) is 3.82. The van der Waals surface area contributed by atoms with E-state index in [1.54, 1.807) is 29.1 Å². The molecule has 27 heavy (non-hydrogen) atoms. The summed E-state index contributed by atoms with van der Waals surface area (Å²) in [5.74, 6) is -0.400. The van der Waals surface area contributed by atoms with E-state index in [0.29, 0.717) is 17.0 Å². The zero-order valence-corrected chi connectivity index (χ0v) is 15.6. The first kappa shape index (κ1) is 17.5. The SMILES string of the molecule is CCCc1cc2ncn3cc(C(=O)NCc4ccc(Cl)cc4)c(=O)c(c1)c23. The number of carbonyl (C=O) groups excluding carboxylic acids is 1. The van der Waals surface area contributed by atoms with Gasteiger partial charge in [-0.05, 0) is 41.8 Å². The number of hydrogen-bond acceptors (Lipinski definition) is 3. The normalized spacial score (nSPS) is 11.3. The van der Waals surface area contributed by atoms with Gasteiger partial charge in [-0.2, -0.15) is 0 Å². The van der Waals surface area contributed by atoms with Crippen molar-refractivity contribution in [2.24, 2.45) is 0 Å². The molecule has 0 radical (unpaired) electrons. The summed E-state index contributed by atoms with van der Waals surface area (Å²) in [4.78, 5) is 30.0. The molecule has 4 rings (SSSR count). The van der Waals surface area contributed by atoms with E-state index < -0.39 is 5.91 Å². The topological polar surface area (TPSA) is 63.5 Å². The molecular formula is C21H18ClN3O2. The lowest BCUT2D eigenvalue weighted by atomic mass is 10.0. The summed E-state index contributed by atoms with van der Waals surface area (Å²) in [7, 11) is 0. The Kier molecular flexibility index (Phi) is 4.54. The van der Waals surface area contributed by atoms with Crippen molar-refractivity contribution in [2.45, 2.75) is 26.3 Å². The zero-order chi connectivity index (χ0) is 19.0. The minimum atomic E-state index is -0.400. The van der Waals surface area contributed by atoms with Gasteiger partial charge in [0, 0.05) is 23.2 Å². The van der Waals surface area contributed by atoms with E-state index >= 15 is 0 Å². The van der Waals surface area contributed by atoms with Crippen LogP contribution in [0.1, 0.15) is 34.8 Å². The van der Waals surface area contributed by atoms with Crippen LogP contribution in [-0.4, -0.2) is 15.3 Å². The number of imidazole rings is 1. The van der Waals surface area contributed by atoms with Gasteiger partial charge in [-0.15, -0.1) is 0 Å². The Bertz CT molecular complexity index is 1180. The van der Waals surface area contributed by atoms with Crippen LogP contribution in [0.25, 0.3) is 16.4 Å². The van der Waals surface area contributed by atoms with Crippen molar-refractivity contribution < 1.29 is 4.79 Å². The Morgan fingerprint density at radius 1 is 1.19 bits per heavy atom. The van der Waals surface area contributed by atoms with Gasteiger partial charge in [0.25, 0.3) is 5.91 Å². The molecule has 0 unspecified atom stereocenters. The molecule has 1 N–H and O–H groups in total. The number of aryl methyl sites for hydroxylation is 1. The number of hydrogen-bond donors (Lipinski definition) is 1. The molecule has 0 fully saturated rings. The Labute approximate surface area is 160 Å². The van der Waals surface area contributed by atoms with Crippen molar-refractivity contribution in [1.29, 1.82) is 0 Å². The van der Waals surface area contributed by atoms with Crippen molar-refractivity contribution >= 4 is 33.9 Å². The van der Waals surface area contributed by atoms with Crippen molar-refractivity contribution in [2.75, 3.05) is 0 Å². The fourth-order valence-corrected chi connectivity index (χ4v) is 3.44. The Morgan fingerprint density at radius 3 is 2.70 bits per heavy atom. The molecule has 0 aliphatic rings. The molecule has 2 heterocycles. The molecule has 136 valence electrons. The number of halogens is 1. The third-order valence-electron chi connectivity index (χ3n) is 4.64. The van der Waals surface area contributed by atoms with E-state index in [2.05, 4.69) is 17.2 Å². The second-order valence-electron chi connectivity index (χ2n) is 6.59. The maximum absolute atomic E-state index is 13.0. The number of pyridine rings is 1. The minimum Gasteiger partial charge on any atom is -0.348 e. The summed E-state index contributed by atoms with van der Waals surface area (Å²) in [6, 6.07) is 11.1. The number of rotatable bonds is 5. The molecule has 1 amide bonds. The maximum Gasteiger partial charge on any atom is 0.257 e. The Balaban J connectivity index is 1.70. The quantitative estimate of drug-likeness (QED) is 0.573. The van der Waals surface area contributed by atoms with Crippen molar-refractivity contribution in [1.82, 2.24) is 14.7 Å². The van der Waals surface area contributed by atoms with Crippen LogP contribution in [0.3, 0.4) is 0 Å². The van der Waals surface area contributed by atoms with Gasteiger partial charge >= 0.3 is 0 Å². The first-order valence-electron chi connectivity index (χ1n) is 8.85. The summed E-state index contributed by atoms with van der Waals surface area (Å²) in [6.07, 6.45) is 5.04. The average molecular weight is 380 g/mol. The maximum atomic E-state index is 13.0. The van der Waals surface area contributed by atoms with Gasteiger partial charge in [-0.3, -0.25) is 9.59 Å². The molecule has 0 saturated heterocycles. The standard InChI is InChI=1S/C21H18ClN3O2/c1-2-3-14-8-16-19-18(9-14)24-12-25(19)11-17(20(16)26)21(27)23-10-13-4-6-15(22)7-5-13/h4-9,11-12H,2-3,10H2,1H3,(H,23,27). The monoisotopic (exact) mass is 379 g/mol. The van der Waals surface area contributed by atoms with Gasteiger partial charge in [-0.25, -0.2) is 4.98 Å². The lowest BCUT2D eigenvalue weighted by molar-refractivity contribution is 0.0949. The second kappa shape index (κ2) is 7.00. The summed E-state index contributed by atoms with van der Waals surface area (Å²) < 4.78 is 1.75. The number of amides is 1. The van der Waals surface area contributed by atoms with E-state index in [0.717, 1.165) is 35.0 Å². The van der Waals surface area contributed by atoms with Crippen LogP contribution in [0.15, 0.2) is 53.7 Å². The highest BCUT2D eigenvalue weighted by molar-refractivity contribution is 6.30. The van der Waals surface area contributed by atoms with Crippen molar-refractivity contribution in [3.8, 4) is 0 Å². The molecule has 5 nitrogen and oxygen atoms in total. The van der Waals surface area contributed by atoms with E-state index in [9.17, 15) is 9.59 Å². The van der Waals surface area contributed by atoms with Gasteiger partial charge in [0.2, 0.25) is 5.43 Å². The Morgan fingerprint density at radius 2 is 1.96 bits per heavy atom. The molecule has 0 atom stereocenters. The lowest BCUT2D eigenvalue weighted by Gasteiger charge is -2.08. The van der Waals surface area contributed by atoms with Crippen molar-refractivity contribution in [3.05, 3.63) is 80.9 Å². The van der Waals surface area contributed by atoms with Crippen LogP contribution in [0.2, 0.25) is 5.02 Å². The summed E-state index contributed by atoms with van der Waals surface area (Å²) in [5, 5.41) is 3.98. The van der Waals surface area contributed by atoms with E-state index in [1.807, 2.05) is 24.3 Å². The molecule has 0 bridgehead atoms. The van der Waals surface area contributed by atoms with E-state index in [1.165, 1.54) is 0 Å². The van der Waals surface area contributed by atoms with Crippen LogP contribution >= 0.6 is 11.6 Å². The molecule has 2 aromatic heterocycles. The molecule has 0 aliphatic carbocycles. The Hall–Kier alpha value is -2.92. The summed E-state index contributed by atoms with van der Waals surface area (Å²) in [6.45, 7) is 2.41. The second-order valence-corrected chi connectivity index (χ2v) is 7.03. The van der Waals surface area contributed by atoms with Gasteiger partial charge in [-0.1, -0.05) is 37.1 Å². The van der Waals surface area contributed by atoms with E-state index in [4.69, 9.17) is 11.6 Å². The van der Waals surface area contributed by atoms with Crippen LogP contribution in [0.5, 0.6) is 0 Å². The van der Waals surface area contributed by atoms with Gasteiger partial charge in [0.1, 0.15) is 5.56 Å². The van der Waals surface area contributed by atoms with Crippen LogP contribution in [-0.2, 0) is 13.0 Å². The number of aromatic nitrogens is 2. The molecule has 0 aliphatic heterocycles. The average Bonchev–Trinajstić information content (AvgIpc) is 3.07. The molecule has 2 aromatic carbocycles. The number of benzene rings is 2. The number of carbonyl (C=O) groups is 1. The first-order valence-corrected chi connectivity index (χ1v) is 9.23. The fraction of sp³-hybridized carbons (Fsp3) is 0.190. The molecular weight excluding hydrogens is 362 g/mol. The zero-order valence-electron chi connectivity index (χ0n) is 14.8. The predicted molar refractivity (Wildman–Crippen MR) is 107 cm³/mol. The molecule has 0 saturated carbocycles. The largest absolute Gasteiger partial charge is 0.348 e. The molecule has 4 aromatic rings. The van der Waals surface area contributed by atoms with Gasteiger partial charge in [0.05, 0.1) is 17.4 Å². The molecule has 0 spiro atoms. The van der Waals surface area contributed by atoms with Crippen molar-refractivity contribution in [3.63, 3.8) is 0 Å². The fourth-order valence-electron chi connectivity index (χ4n) is 3.32. The van der Waals surface area contributed by atoms with Crippen LogP contribution < -0.4 is 10.7 Å². The third-order valence-corrected chi connectivity index (χ3v) is 4.89. The van der Waals surface area contributed by atoms with Crippen LogP contribution in [0, 0.1) is 0 Å². The number of nitrogens with one attached hydrogen (secondary N) is 1. The highest BCUT2D eigenvalue weighted by atomic mass is 35.5. The molecule has 6 heteroatoms. The summed E-state index contributed by atoms with van der Waals surface area (Å²) >= 11 is 5.88. The highest BCUT2D eigenvalue weighted by Crippen LogP contribution is 2.21. The third kappa shape index (κ3) is 3.26. The summed E-state index contributed by atoms with van der Waals surface area (Å²) in [5.41, 5.74) is 3.35. The van der Waals surface area contributed by atoms with Crippen LogP contribution in [0.4, 0.5) is 0 Å². The van der Waals surface area contributed by atoms with E-state index in [-0.39, 0.29) is 11.0 Å². The number of nitrogens with zero attached hydrogens (tertiary/aromatic N) is 2. The minimum absolute atomic E-state index is 0.115. The smallest absolute Gasteiger partial charge is 0.257 e. The highest BCUT2D eigenvalue weighted by Gasteiger charge is 2.17.